The summed E-state index contributed by atoms with van der Waals surface area (Å²) in [4.78, 5) is 55.7. The predicted molar refractivity (Wildman–Crippen MR) is 132 cm³/mol. The zero-order valence-electron chi connectivity index (χ0n) is 20.2. The van der Waals surface area contributed by atoms with Gasteiger partial charge in [0.1, 0.15) is 5.82 Å². The van der Waals surface area contributed by atoms with Crippen LogP contribution in [0.3, 0.4) is 0 Å². The molecule has 1 amide bonds. The summed E-state index contributed by atoms with van der Waals surface area (Å²) in [5.74, 6) is -0.738. The Kier molecular flexibility index (Phi) is 10.5. The average molecular weight is 474 g/mol. The van der Waals surface area contributed by atoms with E-state index < -0.39 is 11.2 Å². The first-order valence-corrected chi connectivity index (χ1v) is 11.6. The molecule has 1 aromatic carbocycles. The molecule has 0 radical (unpaired) electrons. The number of nitrogens with zero attached hydrogens (tertiary/aromatic N) is 3. The maximum Gasteiger partial charge on any atom is 0.330 e. The molecular formula is C24H35N5O5. The minimum atomic E-state index is -0.691. The Morgan fingerprint density at radius 1 is 1.09 bits per heavy atom. The van der Waals surface area contributed by atoms with Gasteiger partial charge in [0.15, 0.2) is 5.69 Å². The van der Waals surface area contributed by atoms with Gasteiger partial charge in [-0.25, -0.2) is 4.79 Å². The van der Waals surface area contributed by atoms with Crippen molar-refractivity contribution >= 4 is 23.4 Å². The third-order valence-corrected chi connectivity index (χ3v) is 5.44. The molecule has 0 aliphatic heterocycles. The fraction of sp³-hybridized carbons (Fsp3) is 0.500. The van der Waals surface area contributed by atoms with Crippen LogP contribution in [0.4, 0.5) is 11.5 Å². The molecule has 186 valence electrons. The molecule has 1 aromatic heterocycles. The number of amides is 1. The first kappa shape index (κ1) is 26.8. The van der Waals surface area contributed by atoms with Gasteiger partial charge in [0.2, 0.25) is 5.91 Å². The Bertz CT molecular complexity index is 1060. The number of nitrogens with one attached hydrogen (secondary N) is 1. The van der Waals surface area contributed by atoms with Crippen LogP contribution < -0.4 is 21.9 Å². The number of rotatable bonds is 13. The third kappa shape index (κ3) is 7.31. The van der Waals surface area contributed by atoms with Gasteiger partial charge in [0, 0.05) is 26.2 Å². The number of unbranched alkanes of at least 4 members (excludes halogenated alkanes) is 1. The zero-order valence-corrected chi connectivity index (χ0v) is 20.2. The molecule has 0 unspecified atom stereocenters. The molecule has 10 heteroatoms. The smallest absolute Gasteiger partial charge is 0.330 e. The Morgan fingerprint density at radius 2 is 1.79 bits per heavy atom. The van der Waals surface area contributed by atoms with Crippen LogP contribution in [0.2, 0.25) is 0 Å². The van der Waals surface area contributed by atoms with Crippen LogP contribution in [0.25, 0.3) is 0 Å². The molecule has 10 nitrogen and oxygen atoms in total. The molecule has 2 rings (SSSR count). The Labute approximate surface area is 199 Å². The number of anilines is 2. The summed E-state index contributed by atoms with van der Waals surface area (Å²) in [5.41, 5.74) is 5.90. The largest absolute Gasteiger partial charge is 0.469 e. The van der Waals surface area contributed by atoms with Gasteiger partial charge in [0.05, 0.1) is 20.1 Å². The number of methoxy groups -OCH3 is 1. The lowest BCUT2D eigenvalue weighted by Crippen LogP contribution is -2.45. The average Bonchev–Trinajstić information content (AvgIpc) is 2.82. The number of carbonyl (C=O) groups excluding carboxylic acids is 2. The summed E-state index contributed by atoms with van der Waals surface area (Å²) in [6, 6.07) is 9.59. The number of nitrogens with two attached hydrogens (primary N) is 1. The number of hydrogen-bond acceptors (Lipinski definition) is 7. The summed E-state index contributed by atoms with van der Waals surface area (Å²) in [7, 11) is 1.32. The highest BCUT2D eigenvalue weighted by atomic mass is 16.5. The van der Waals surface area contributed by atoms with Crippen molar-refractivity contribution in [1.82, 2.24) is 14.5 Å². The number of H-pyrrole nitrogens is 1. The van der Waals surface area contributed by atoms with Gasteiger partial charge < -0.3 is 15.4 Å². The standard InChI is InChI=1S/C24H35N5O5/c1-4-6-14-28(21-22(25)29(13-5-2)24(33)26-23(21)32)19(30)17-27(15-12-20(31)34-3)16-18-10-8-7-9-11-18/h7-11H,4-6,12-17,25H2,1-3H3,(H,26,32,33). The van der Waals surface area contributed by atoms with E-state index in [0.717, 1.165) is 12.0 Å². The maximum absolute atomic E-state index is 13.5. The monoisotopic (exact) mass is 473 g/mol. The van der Waals surface area contributed by atoms with Crippen LogP contribution >= 0.6 is 0 Å². The number of aromatic nitrogens is 2. The number of nitrogen functional groups attached to an aromatic ring is 1. The Balaban J connectivity index is 2.38. The molecule has 0 aliphatic carbocycles. The van der Waals surface area contributed by atoms with Crippen molar-refractivity contribution in [2.45, 2.75) is 52.6 Å². The molecule has 0 atom stereocenters. The van der Waals surface area contributed by atoms with Gasteiger partial charge in [-0.05, 0) is 18.4 Å². The van der Waals surface area contributed by atoms with Crippen molar-refractivity contribution in [2.75, 3.05) is 37.4 Å². The van der Waals surface area contributed by atoms with E-state index in [1.165, 1.54) is 16.6 Å². The Hall–Kier alpha value is -3.40. The van der Waals surface area contributed by atoms with E-state index in [-0.39, 0.29) is 42.9 Å². The van der Waals surface area contributed by atoms with Crippen LogP contribution in [0, 0.1) is 0 Å². The molecule has 34 heavy (non-hydrogen) atoms. The van der Waals surface area contributed by atoms with Crippen LogP contribution in [0.15, 0.2) is 39.9 Å². The molecule has 0 aliphatic rings. The highest BCUT2D eigenvalue weighted by Crippen LogP contribution is 2.19. The Morgan fingerprint density at radius 3 is 2.41 bits per heavy atom. The van der Waals surface area contributed by atoms with E-state index in [0.29, 0.717) is 32.5 Å². The van der Waals surface area contributed by atoms with E-state index in [1.807, 2.05) is 49.1 Å². The minimum Gasteiger partial charge on any atom is -0.469 e. The first-order valence-electron chi connectivity index (χ1n) is 11.6. The van der Waals surface area contributed by atoms with Crippen LogP contribution in [-0.4, -0.2) is 53.1 Å². The summed E-state index contributed by atoms with van der Waals surface area (Å²) < 4.78 is 6.03. The van der Waals surface area contributed by atoms with Gasteiger partial charge >= 0.3 is 11.7 Å². The third-order valence-electron chi connectivity index (χ3n) is 5.44. The number of hydrogen-bond donors (Lipinski definition) is 2. The minimum absolute atomic E-state index is 0.0147. The molecule has 1 heterocycles. The summed E-state index contributed by atoms with van der Waals surface area (Å²) in [5, 5.41) is 0. The molecule has 0 saturated heterocycles. The lowest BCUT2D eigenvalue weighted by Gasteiger charge is -2.28. The van der Waals surface area contributed by atoms with Crippen molar-refractivity contribution in [2.24, 2.45) is 0 Å². The fourth-order valence-corrected chi connectivity index (χ4v) is 3.64. The van der Waals surface area contributed by atoms with Crippen LogP contribution in [0.5, 0.6) is 0 Å². The lowest BCUT2D eigenvalue weighted by molar-refractivity contribution is -0.141. The zero-order chi connectivity index (χ0) is 25.1. The molecule has 0 bridgehead atoms. The molecule has 0 spiro atoms. The molecule has 0 fully saturated rings. The number of aromatic amines is 1. The van der Waals surface area contributed by atoms with Gasteiger partial charge in [-0.3, -0.25) is 28.8 Å². The van der Waals surface area contributed by atoms with Crippen molar-refractivity contribution in [1.29, 1.82) is 0 Å². The number of esters is 1. The SMILES string of the molecule is CCCCN(C(=O)CN(CCC(=O)OC)Cc1ccccc1)c1c(N)n(CCC)c(=O)[nH]c1=O. The van der Waals surface area contributed by atoms with E-state index in [2.05, 4.69) is 4.98 Å². The van der Waals surface area contributed by atoms with Gasteiger partial charge in [-0.1, -0.05) is 50.6 Å². The lowest BCUT2D eigenvalue weighted by atomic mass is 10.2. The molecule has 2 aromatic rings. The second-order valence-electron chi connectivity index (χ2n) is 8.07. The van der Waals surface area contributed by atoms with Crippen molar-refractivity contribution < 1.29 is 14.3 Å². The van der Waals surface area contributed by atoms with E-state index in [9.17, 15) is 19.2 Å². The van der Waals surface area contributed by atoms with Gasteiger partial charge in [0.25, 0.3) is 5.56 Å². The summed E-state index contributed by atoms with van der Waals surface area (Å²) in [6.07, 6.45) is 2.21. The second-order valence-corrected chi connectivity index (χ2v) is 8.07. The molecular weight excluding hydrogens is 438 g/mol. The van der Waals surface area contributed by atoms with E-state index in [1.54, 1.807) is 0 Å². The van der Waals surface area contributed by atoms with E-state index >= 15 is 0 Å². The predicted octanol–water partition coefficient (Wildman–Crippen LogP) is 1.73. The van der Waals surface area contributed by atoms with Crippen molar-refractivity contribution in [3.05, 3.63) is 56.7 Å². The highest BCUT2D eigenvalue weighted by Gasteiger charge is 2.25. The topological polar surface area (TPSA) is 131 Å². The summed E-state index contributed by atoms with van der Waals surface area (Å²) >= 11 is 0. The van der Waals surface area contributed by atoms with Crippen molar-refractivity contribution in [3.8, 4) is 0 Å². The van der Waals surface area contributed by atoms with E-state index in [4.69, 9.17) is 10.5 Å². The second kappa shape index (κ2) is 13.3. The summed E-state index contributed by atoms with van der Waals surface area (Å²) in [6.45, 7) is 5.17. The molecule has 0 saturated carbocycles. The number of ether oxygens (including phenoxy) is 1. The van der Waals surface area contributed by atoms with Crippen molar-refractivity contribution in [3.63, 3.8) is 0 Å². The van der Waals surface area contributed by atoms with Crippen LogP contribution in [-0.2, 0) is 27.4 Å². The highest BCUT2D eigenvalue weighted by molar-refractivity contribution is 5.96. The first-order chi connectivity index (χ1) is 16.3. The van der Waals surface area contributed by atoms with Crippen LogP contribution in [0.1, 0.15) is 45.1 Å². The maximum atomic E-state index is 13.5. The normalized spacial score (nSPS) is 10.9. The number of carbonyl (C=O) groups is 2. The number of benzene rings is 1. The van der Waals surface area contributed by atoms with Gasteiger partial charge in [-0.15, -0.1) is 0 Å². The van der Waals surface area contributed by atoms with Gasteiger partial charge in [-0.2, -0.15) is 0 Å². The quantitative estimate of drug-likeness (QED) is 0.424. The molecule has 3 N–H and O–H groups in total. The fourth-order valence-electron chi connectivity index (χ4n) is 3.64.